The second-order valence-electron chi connectivity index (χ2n) is 6.60. The summed E-state index contributed by atoms with van der Waals surface area (Å²) >= 11 is 0. The van der Waals surface area contributed by atoms with E-state index in [0.717, 1.165) is 5.69 Å². The van der Waals surface area contributed by atoms with Crippen LogP contribution in [0.5, 0.6) is 11.5 Å². The van der Waals surface area contributed by atoms with E-state index < -0.39 is 24.6 Å². The van der Waals surface area contributed by atoms with Crippen LogP contribution >= 0.6 is 0 Å². The van der Waals surface area contributed by atoms with Crippen molar-refractivity contribution in [2.75, 3.05) is 18.5 Å². The van der Waals surface area contributed by atoms with Crippen LogP contribution in [-0.2, 0) is 14.3 Å². The molecule has 3 aromatic rings. The van der Waals surface area contributed by atoms with Crippen molar-refractivity contribution in [1.29, 1.82) is 0 Å². The molecule has 1 atom stereocenters. The molecule has 4 rings (SSSR count). The molecule has 1 heterocycles. The molecule has 0 aromatic heterocycles. The van der Waals surface area contributed by atoms with Crippen LogP contribution in [0.4, 0.5) is 17.1 Å². The molecule has 1 aliphatic heterocycles. The molecule has 0 unspecified atom stereocenters. The third-order valence-electron chi connectivity index (χ3n) is 4.31. The monoisotopic (exact) mass is 417 g/mol. The van der Waals surface area contributed by atoms with Crippen LogP contribution < -0.4 is 14.8 Å². The minimum absolute atomic E-state index is 0.0243. The number of fused-ring (bicyclic) bond motifs is 1. The highest BCUT2D eigenvalue weighted by Gasteiger charge is 2.29. The minimum Gasteiger partial charge on any atom is -0.485 e. The van der Waals surface area contributed by atoms with Gasteiger partial charge in [-0.15, -0.1) is 0 Å². The quantitative estimate of drug-likeness (QED) is 0.473. The van der Waals surface area contributed by atoms with Crippen LogP contribution in [0.1, 0.15) is 0 Å². The van der Waals surface area contributed by atoms with Gasteiger partial charge in [-0.25, -0.2) is 4.79 Å². The second kappa shape index (κ2) is 9.53. The van der Waals surface area contributed by atoms with Crippen LogP contribution in [0.25, 0.3) is 0 Å². The fourth-order valence-electron chi connectivity index (χ4n) is 2.78. The highest BCUT2D eigenvalue weighted by Crippen LogP contribution is 2.31. The summed E-state index contributed by atoms with van der Waals surface area (Å²) in [5.74, 6) is -0.105. The molecule has 0 saturated carbocycles. The number of anilines is 1. The minimum atomic E-state index is -0.919. The lowest BCUT2D eigenvalue weighted by Gasteiger charge is -2.24. The number of amides is 1. The summed E-state index contributed by atoms with van der Waals surface area (Å²) in [4.78, 5) is 24.3. The zero-order chi connectivity index (χ0) is 21.5. The molecule has 0 saturated heterocycles. The largest absolute Gasteiger partial charge is 0.485 e. The predicted octanol–water partition coefficient (Wildman–Crippen LogP) is 4.42. The van der Waals surface area contributed by atoms with E-state index in [2.05, 4.69) is 15.5 Å². The third-order valence-corrected chi connectivity index (χ3v) is 4.31. The Bertz CT molecular complexity index is 1080. The lowest BCUT2D eigenvalue weighted by atomic mass is 10.2. The molecule has 0 fully saturated rings. The third kappa shape index (κ3) is 5.45. The van der Waals surface area contributed by atoms with Crippen LogP contribution in [-0.4, -0.2) is 31.2 Å². The standard InChI is InChI=1S/C23H19N3O5/c27-22(15-30-23(28)21-14-29-19-8-4-5-9-20(19)31-21)24-16-10-12-18(13-11-16)26-25-17-6-2-1-3-7-17/h1-13,21H,14-15H2,(H,24,27)/t21-/m0/s1. The summed E-state index contributed by atoms with van der Waals surface area (Å²) in [7, 11) is 0. The Labute approximate surface area is 178 Å². The van der Waals surface area contributed by atoms with Gasteiger partial charge >= 0.3 is 5.97 Å². The van der Waals surface area contributed by atoms with E-state index in [1.165, 1.54) is 0 Å². The number of carbonyl (C=O) groups excluding carboxylic acids is 2. The van der Waals surface area contributed by atoms with E-state index >= 15 is 0 Å². The maximum atomic E-state index is 12.2. The van der Waals surface area contributed by atoms with E-state index in [4.69, 9.17) is 14.2 Å². The average molecular weight is 417 g/mol. The number of hydrogen-bond acceptors (Lipinski definition) is 7. The molecule has 3 aromatic carbocycles. The Kier molecular flexibility index (Phi) is 6.18. The smallest absolute Gasteiger partial charge is 0.351 e. The van der Waals surface area contributed by atoms with E-state index in [9.17, 15) is 9.59 Å². The Hall–Kier alpha value is -4.20. The first-order valence-corrected chi connectivity index (χ1v) is 9.59. The molecule has 1 amide bonds. The average Bonchev–Trinajstić information content (AvgIpc) is 2.82. The second-order valence-corrected chi connectivity index (χ2v) is 6.60. The molecule has 0 radical (unpaired) electrons. The van der Waals surface area contributed by atoms with Gasteiger partial charge in [0.05, 0.1) is 11.4 Å². The number of ether oxygens (including phenoxy) is 3. The summed E-state index contributed by atoms with van der Waals surface area (Å²) in [6, 6.07) is 23.2. The Morgan fingerprint density at radius 1 is 0.871 bits per heavy atom. The maximum absolute atomic E-state index is 12.2. The van der Waals surface area contributed by atoms with E-state index in [0.29, 0.717) is 22.9 Å². The lowest BCUT2D eigenvalue weighted by molar-refractivity contribution is -0.156. The molecule has 0 spiro atoms. The van der Waals surface area contributed by atoms with E-state index in [1.807, 2.05) is 36.4 Å². The lowest BCUT2D eigenvalue weighted by Crippen LogP contribution is -2.39. The molecule has 1 N–H and O–H groups in total. The first kappa shape index (κ1) is 20.1. The van der Waals surface area contributed by atoms with Gasteiger partial charge < -0.3 is 19.5 Å². The summed E-state index contributed by atoms with van der Waals surface area (Å²) in [5.41, 5.74) is 1.94. The van der Waals surface area contributed by atoms with Crippen molar-refractivity contribution in [3.05, 3.63) is 78.9 Å². The number of azo groups is 1. The SMILES string of the molecule is O=C(COC(=O)[C@@H]1COc2ccccc2O1)Nc1ccc(N=Nc2ccccc2)cc1. The van der Waals surface area contributed by atoms with Gasteiger partial charge in [-0.1, -0.05) is 30.3 Å². The highest BCUT2D eigenvalue weighted by molar-refractivity contribution is 5.93. The van der Waals surface area contributed by atoms with Crippen molar-refractivity contribution in [2.24, 2.45) is 10.2 Å². The van der Waals surface area contributed by atoms with E-state index in [1.54, 1.807) is 42.5 Å². The van der Waals surface area contributed by atoms with Crippen molar-refractivity contribution in [3.63, 3.8) is 0 Å². The molecule has 0 bridgehead atoms. The van der Waals surface area contributed by atoms with Crippen LogP contribution in [0, 0.1) is 0 Å². The van der Waals surface area contributed by atoms with Crippen molar-refractivity contribution in [2.45, 2.75) is 6.10 Å². The Balaban J connectivity index is 1.24. The number of esters is 1. The number of nitrogens with one attached hydrogen (secondary N) is 1. The molecule has 0 aliphatic carbocycles. The van der Waals surface area contributed by atoms with Gasteiger partial charge in [0.1, 0.15) is 6.61 Å². The van der Waals surface area contributed by atoms with Crippen LogP contribution in [0.15, 0.2) is 89.1 Å². The molecule has 1 aliphatic rings. The van der Waals surface area contributed by atoms with Gasteiger partial charge in [-0.3, -0.25) is 4.79 Å². The number of rotatable bonds is 6. The van der Waals surface area contributed by atoms with Gasteiger partial charge in [0, 0.05) is 5.69 Å². The van der Waals surface area contributed by atoms with Crippen molar-refractivity contribution >= 4 is 28.9 Å². The summed E-state index contributed by atoms with van der Waals surface area (Å²) in [6.45, 7) is -0.410. The van der Waals surface area contributed by atoms with Crippen molar-refractivity contribution in [3.8, 4) is 11.5 Å². The molecular formula is C23H19N3O5. The van der Waals surface area contributed by atoms with Crippen molar-refractivity contribution < 1.29 is 23.8 Å². The number of carbonyl (C=O) groups is 2. The maximum Gasteiger partial charge on any atom is 0.351 e. The highest BCUT2D eigenvalue weighted by atomic mass is 16.6. The Morgan fingerprint density at radius 2 is 1.52 bits per heavy atom. The fraction of sp³-hybridized carbons (Fsp3) is 0.130. The Morgan fingerprint density at radius 3 is 2.26 bits per heavy atom. The zero-order valence-corrected chi connectivity index (χ0v) is 16.4. The van der Waals surface area contributed by atoms with Gasteiger partial charge in [0.25, 0.3) is 5.91 Å². The summed E-state index contributed by atoms with van der Waals surface area (Å²) < 4.78 is 16.1. The van der Waals surface area contributed by atoms with Gasteiger partial charge in [0.15, 0.2) is 18.1 Å². The molecule has 156 valence electrons. The van der Waals surface area contributed by atoms with Gasteiger partial charge in [0.2, 0.25) is 6.10 Å². The number of benzene rings is 3. The van der Waals surface area contributed by atoms with Crippen molar-refractivity contribution in [1.82, 2.24) is 0 Å². The number of hydrogen-bond donors (Lipinski definition) is 1. The van der Waals surface area contributed by atoms with Gasteiger partial charge in [-0.05, 0) is 48.5 Å². The van der Waals surface area contributed by atoms with E-state index in [-0.39, 0.29) is 6.61 Å². The molecule has 31 heavy (non-hydrogen) atoms. The number of para-hydroxylation sites is 2. The topological polar surface area (TPSA) is 98.6 Å². The molecule has 8 heteroatoms. The first-order valence-electron chi connectivity index (χ1n) is 9.59. The zero-order valence-electron chi connectivity index (χ0n) is 16.4. The molecular weight excluding hydrogens is 398 g/mol. The van der Waals surface area contributed by atoms with Gasteiger partial charge in [-0.2, -0.15) is 10.2 Å². The first-order chi connectivity index (χ1) is 15.2. The fourth-order valence-corrected chi connectivity index (χ4v) is 2.78. The number of nitrogens with zero attached hydrogens (tertiary/aromatic N) is 2. The van der Waals surface area contributed by atoms with Crippen LogP contribution in [0.2, 0.25) is 0 Å². The predicted molar refractivity (Wildman–Crippen MR) is 113 cm³/mol. The normalized spacial score (nSPS) is 14.8. The summed E-state index contributed by atoms with van der Waals surface area (Å²) in [6.07, 6.45) is -0.919. The summed E-state index contributed by atoms with van der Waals surface area (Å²) in [5, 5.41) is 10.9. The molecule has 8 nitrogen and oxygen atoms in total. The van der Waals surface area contributed by atoms with Crippen LogP contribution in [0.3, 0.4) is 0 Å².